The van der Waals surface area contributed by atoms with Gasteiger partial charge in [-0.1, -0.05) is 6.07 Å². The molecular weight excluding hydrogens is 367 g/mol. The predicted molar refractivity (Wildman–Crippen MR) is 107 cm³/mol. The second kappa shape index (κ2) is 8.35. The molecule has 0 aliphatic rings. The first kappa shape index (κ1) is 21.3. The van der Waals surface area contributed by atoms with Crippen molar-refractivity contribution < 1.29 is 18.7 Å². The van der Waals surface area contributed by atoms with E-state index in [9.17, 15) is 14.0 Å². The molecule has 7 heteroatoms. The van der Waals surface area contributed by atoms with E-state index in [-0.39, 0.29) is 18.3 Å². The summed E-state index contributed by atoms with van der Waals surface area (Å²) in [5.41, 5.74) is -0.0126. The summed E-state index contributed by atoms with van der Waals surface area (Å²) in [6, 6.07) is 4.82. The lowest BCUT2D eigenvalue weighted by molar-refractivity contribution is -0.155. The Labute approximate surface area is 163 Å². The van der Waals surface area contributed by atoms with Crippen molar-refractivity contribution in [1.82, 2.24) is 9.80 Å². The van der Waals surface area contributed by atoms with Crippen molar-refractivity contribution in [3.8, 4) is 0 Å². The van der Waals surface area contributed by atoms with E-state index in [0.717, 1.165) is 4.70 Å². The maximum Gasteiger partial charge on any atom is 0.326 e. The second-order valence-electron chi connectivity index (χ2n) is 7.79. The summed E-state index contributed by atoms with van der Waals surface area (Å²) in [6.45, 7) is 7.95. The van der Waals surface area contributed by atoms with Crippen molar-refractivity contribution in [2.45, 2.75) is 33.3 Å². The van der Waals surface area contributed by atoms with E-state index in [1.165, 1.54) is 22.3 Å². The summed E-state index contributed by atoms with van der Waals surface area (Å²) in [5.74, 6) is -1.08. The van der Waals surface area contributed by atoms with Crippen molar-refractivity contribution in [2.24, 2.45) is 0 Å². The SMILES string of the molecule is Cc1c(C(=O)N(CCN(C)C)CC(=O)OC(C)(C)C)sc2cccc(F)c12. The molecule has 27 heavy (non-hydrogen) atoms. The van der Waals surface area contributed by atoms with Gasteiger partial charge in [-0.25, -0.2) is 4.39 Å². The van der Waals surface area contributed by atoms with Crippen LogP contribution in [0.2, 0.25) is 0 Å². The molecule has 1 aromatic heterocycles. The molecule has 0 aliphatic heterocycles. The fraction of sp³-hybridized carbons (Fsp3) is 0.500. The Morgan fingerprint density at radius 2 is 1.85 bits per heavy atom. The maximum atomic E-state index is 14.2. The summed E-state index contributed by atoms with van der Waals surface area (Å²) in [7, 11) is 3.80. The lowest BCUT2D eigenvalue weighted by Gasteiger charge is -2.26. The molecule has 1 amide bonds. The lowest BCUT2D eigenvalue weighted by Crippen LogP contribution is -2.42. The Bertz CT molecular complexity index is 840. The number of esters is 1. The number of hydrogen-bond acceptors (Lipinski definition) is 5. The van der Waals surface area contributed by atoms with Crippen LogP contribution in [0.15, 0.2) is 18.2 Å². The Morgan fingerprint density at radius 1 is 1.19 bits per heavy atom. The lowest BCUT2D eigenvalue weighted by atomic mass is 10.1. The van der Waals surface area contributed by atoms with Crippen LogP contribution in [-0.2, 0) is 9.53 Å². The highest BCUT2D eigenvalue weighted by atomic mass is 32.1. The molecule has 1 aromatic carbocycles. The first-order chi connectivity index (χ1) is 12.5. The molecule has 0 unspecified atom stereocenters. The second-order valence-corrected chi connectivity index (χ2v) is 8.84. The number of thiophene rings is 1. The Kier molecular flexibility index (Phi) is 6.59. The van der Waals surface area contributed by atoms with Gasteiger partial charge in [-0.2, -0.15) is 0 Å². The summed E-state index contributed by atoms with van der Waals surface area (Å²) in [6.07, 6.45) is 0. The number of aryl methyl sites for hydroxylation is 1. The topological polar surface area (TPSA) is 49.9 Å². The number of likely N-dealkylation sites (N-methyl/N-ethyl adjacent to an activating group) is 1. The quantitative estimate of drug-likeness (QED) is 0.701. The minimum absolute atomic E-state index is 0.139. The molecule has 2 aromatic rings. The Balaban J connectivity index is 2.31. The van der Waals surface area contributed by atoms with E-state index in [0.29, 0.717) is 28.9 Å². The van der Waals surface area contributed by atoms with E-state index in [4.69, 9.17) is 4.74 Å². The van der Waals surface area contributed by atoms with Gasteiger partial charge in [0.1, 0.15) is 18.0 Å². The van der Waals surface area contributed by atoms with Crippen molar-refractivity contribution in [3.05, 3.63) is 34.5 Å². The van der Waals surface area contributed by atoms with E-state index in [1.807, 2.05) is 19.0 Å². The fourth-order valence-corrected chi connectivity index (χ4v) is 3.89. The summed E-state index contributed by atoms with van der Waals surface area (Å²) in [4.78, 5) is 29.3. The number of carbonyl (C=O) groups is 2. The highest BCUT2D eigenvalue weighted by Gasteiger charge is 2.26. The zero-order valence-electron chi connectivity index (χ0n) is 16.8. The first-order valence-corrected chi connectivity index (χ1v) is 9.64. The molecule has 0 spiro atoms. The monoisotopic (exact) mass is 394 g/mol. The number of hydrogen-bond donors (Lipinski definition) is 0. The summed E-state index contributed by atoms with van der Waals surface area (Å²) < 4.78 is 20.3. The van der Waals surface area contributed by atoms with E-state index in [1.54, 1.807) is 39.8 Å². The zero-order valence-corrected chi connectivity index (χ0v) is 17.6. The molecule has 0 atom stereocenters. The summed E-state index contributed by atoms with van der Waals surface area (Å²) >= 11 is 1.25. The number of rotatable bonds is 6. The molecule has 0 saturated heterocycles. The number of carbonyl (C=O) groups excluding carboxylic acids is 2. The van der Waals surface area contributed by atoms with Crippen molar-refractivity contribution in [1.29, 1.82) is 0 Å². The zero-order chi connectivity index (χ0) is 20.4. The van der Waals surface area contributed by atoms with Crippen LogP contribution in [0.4, 0.5) is 4.39 Å². The van der Waals surface area contributed by atoms with Gasteiger partial charge in [0.05, 0.1) is 4.88 Å². The van der Waals surface area contributed by atoms with Crippen LogP contribution >= 0.6 is 11.3 Å². The smallest absolute Gasteiger partial charge is 0.326 e. The molecule has 0 N–H and O–H groups in total. The number of ether oxygens (including phenoxy) is 1. The van der Waals surface area contributed by atoms with Gasteiger partial charge >= 0.3 is 5.97 Å². The minimum Gasteiger partial charge on any atom is -0.459 e. The maximum absolute atomic E-state index is 14.2. The summed E-state index contributed by atoms with van der Waals surface area (Å²) in [5, 5.41) is 0.468. The van der Waals surface area contributed by atoms with Crippen LogP contribution in [0.1, 0.15) is 36.0 Å². The van der Waals surface area contributed by atoms with Gasteiger partial charge in [-0.15, -0.1) is 11.3 Å². The third-order valence-corrected chi connectivity index (χ3v) is 5.19. The number of nitrogens with zero attached hydrogens (tertiary/aromatic N) is 2. The number of benzene rings is 1. The van der Waals surface area contributed by atoms with Crippen LogP contribution in [0, 0.1) is 12.7 Å². The third kappa shape index (κ3) is 5.49. The Morgan fingerprint density at radius 3 is 2.41 bits per heavy atom. The van der Waals surface area contributed by atoms with Crippen molar-refractivity contribution >= 4 is 33.3 Å². The Hall–Kier alpha value is -1.99. The molecular formula is C20H27FN2O3S. The van der Waals surface area contributed by atoms with Gasteiger partial charge in [0, 0.05) is 23.2 Å². The van der Waals surface area contributed by atoms with Gasteiger partial charge in [0.25, 0.3) is 5.91 Å². The number of fused-ring (bicyclic) bond motifs is 1. The highest BCUT2D eigenvalue weighted by Crippen LogP contribution is 2.33. The van der Waals surface area contributed by atoms with Crippen molar-refractivity contribution in [2.75, 3.05) is 33.7 Å². The van der Waals surface area contributed by atoms with Gasteiger partial charge < -0.3 is 14.5 Å². The molecule has 1 heterocycles. The largest absolute Gasteiger partial charge is 0.459 e. The van der Waals surface area contributed by atoms with Gasteiger partial charge in [-0.05, 0) is 59.5 Å². The van der Waals surface area contributed by atoms with Gasteiger partial charge in [0.2, 0.25) is 0 Å². The highest BCUT2D eigenvalue weighted by molar-refractivity contribution is 7.21. The van der Waals surface area contributed by atoms with Crippen LogP contribution < -0.4 is 0 Å². The normalized spacial score (nSPS) is 11.9. The molecule has 0 saturated carbocycles. The van der Waals surface area contributed by atoms with E-state index >= 15 is 0 Å². The molecule has 0 fully saturated rings. The van der Waals surface area contributed by atoms with Crippen LogP contribution in [-0.4, -0.2) is 61.0 Å². The van der Waals surface area contributed by atoms with Crippen LogP contribution in [0.25, 0.3) is 10.1 Å². The predicted octanol–water partition coefficient (Wildman–Crippen LogP) is 3.69. The molecule has 148 valence electrons. The number of amides is 1. The molecule has 0 bridgehead atoms. The third-order valence-electron chi connectivity index (χ3n) is 3.94. The van der Waals surface area contributed by atoms with E-state index in [2.05, 4.69) is 0 Å². The van der Waals surface area contributed by atoms with Crippen molar-refractivity contribution in [3.63, 3.8) is 0 Å². The average Bonchev–Trinajstić information content (AvgIpc) is 2.87. The minimum atomic E-state index is -0.621. The van der Waals surface area contributed by atoms with Crippen LogP contribution in [0.3, 0.4) is 0 Å². The van der Waals surface area contributed by atoms with Gasteiger partial charge in [0.15, 0.2) is 0 Å². The van der Waals surface area contributed by atoms with E-state index < -0.39 is 11.6 Å². The molecule has 5 nitrogen and oxygen atoms in total. The molecule has 2 rings (SSSR count). The fourth-order valence-electron chi connectivity index (χ4n) is 2.70. The van der Waals surface area contributed by atoms with Gasteiger partial charge in [-0.3, -0.25) is 9.59 Å². The standard InChI is InChI=1S/C20H27FN2O3S/c1-13-17-14(21)8-7-9-15(17)27-18(13)19(25)23(11-10-22(5)6)12-16(24)26-20(2,3)4/h7-9H,10-12H2,1-6H3. The molecule has 0 aliphatic carbocycles. The first-order valence-electron chi connectivity index (χ1n) is 8.83. The molecule has 0 radical (unpaired) electrons. The number of halogens is 1. The average molecular weight is 395 g/mol. The van der Waals surface area contributed by atoms with Crippen LogP contribution in [0.5, 0.6) is 0 Å².